The van der Waals surface area contributed by atoms with Crippen LogP contribution in [-0.4, -0.2) is 35.3 Å². The molecule has 3 rings (SSSR count). The molecule has 2 amide bonds. The van der Waals surface area contributed by atoms with E-state index in [0.717, 1.165) is 11.1 Å². The molecule has 1 saturated heterocycles. The van der Waals surface area contributed by atoms with Gasteiger partial charge in [-0.05, 0) is 24.0 Å². The summed E-state index contributed by atoms with van der Waals surface area (Å²) in [4.78, 5) is 26.5. The second-order valence-electron chi connectivity index (χ2n) is 6.48. The molecule has 0 radical (unpaired) electrons. The van der Waals surface area contributed by atoms with Crippen LogP contribution in [0, 0.1) is 0 Å². The van der Waals surface area contributed by atoms with Crippen LogP contribution in [-0.2, 0) is 16.0 Å². The molecule has 4 N–H and O–H groups in total. The highest BCUT2D eigenvalue weighted by atomic mass is 16.2. The van der Waals surface area contributed by atoms with Crippen molar-refractivity contribution in [3.8, 4) is 0 Å². The van der Waals surface area contributed by atoms with Crippen LogP contribution < -0.4 is 11.5 Å². The summed E-state index contributed by atoms with van der Waals surface area (Å²) >= 11 is 0. The van der Waals surface area contributed by atoms with Crippen LogP contribution in [0.4, 0.5) is 0 Å². The molecule has 5 heteroatoms. The maximum atomic E-state index is 12.8. The highest BCUT2D eigenvalue weighted by molar-refractivity contribution is 5.90. The average Bonchev–Trinajstić information content (AvgIpc) is 3.08. The van der Waals surface area contributed by atoms with E-state index in [9.17, 15) is 9.59 Å². The first-order valence-corrected chi connectivity index (χ1v) is 8.52. The van der Waals surface area contributed by atoms with Gasteiger partial charge in [-0.2, -0.15) is 0 Å². The van der Waals surface area contributed by atoms with Crippen LogP contribution in [0.1, 0.15) is 23.5 Å². The Morgan fingerprint density at radius 1 is 1.04 bits per heavy atom. The normalized spacial score (nSPS) is 21.1. The van der Waals surface area contributed by atoms with Crippen molar-refractivity contribution in [1.82, 2.24) is 4.90 Å². The molecule has 0 saturated carbocycles. The van der Waals surface area contributed by atoms with Gasteiger partial charge in [0.05, 0.1) is 6.04 Å². The van der Waals surface area contributed by atoms with Crippen LogP contribution in [0.3, 0.4) is 0 Å². The molecular weight excluding hydrogens is 314 g/mol. The second kappa shape index (κ2) is 7.49. The fourth-order valence-electron chi connectivity index (χ4n) is 3.61. The van der Waals surface area contributed by atoms with Crippen LogP contribution >= 0.6 is 0 Å². The predicted molar refractivity (Wildman–Crippen MR) is 96.6 cm³/mol. The summed E-state index contributed by atoms with van der Waals surface area (Å²) in [6.45, 7) is 0.495. The minimum atomic E-state index is -0.682. The van der Waals surface area contributed by atoms with E-state index in [1.165, 1.54) is 0 Å². The Morgan fingerprint density at radius 3 is 2.24 bits per heavy atom. The summed E-state index contributed by atoms with van der Waals surface area (Å²) in [6, 6.07) is 18.0. The van der Waals surface area contributed by atoms with E-state index in [4.69, 9.17) is 11.5 Å². The molecule has 1 aliphatic heterocycles. The lowest BCUT2D eigenvalue weighted by Crippen LogP contribution is -2.52. The van der Waals surface area contributed by atoms with E-state index in [2.05, 4.69) is 0 Å². The summed E-state index contributed by atoms with van der Waals surface area (Å²) < 4.78 is 0. The first-order chi connectivity index (χ1) is 12.1. The number of nitrogens with two attached hydrogens (primary N) is 2. The molecule has 3 atom stereocenters. The number of carbonyl (C=O) groups excluding carboxylic acids is 2. The molecule has 2 aromatic rings. The van der Waals surface area contributed by atoms with Crippen LogP contribution in [0.5, 0.6) is 0 Å². The molecule has 1 aliphatic rings. The molecule has 0 spiro atoms. The van der Waals surface area contributed by atoms with Crippen molar-refractivity contribution in [1.29, 1.82) is 0 Å². The SMILES string of the molecule is NC(=O)[C@H]1[C@@H](c2ccccc2)CCN1C(=O)[C@@H](N)Cc1ccccc1. The number of hydrogen-bond acceptors (Lipinski definition) is 3. The minimum Gasteiger partial charge on any atom is -0.368 e. The van der Waals surface area contributed by atoms with Crippen molar-refractivity contribution >= 4 is 11.8 Å². The number of primary amides is 1. The number of rotatable bonds is 5. The second-order valence-corrected chi connectivity index (χ2v) is 6.48. The van der Waals surface area contributed by atoms with Gasteiger partial charge in [-0.15, -0.1) is 0 Å². The molecule has 0 aromatic heterocycles. The average molecular weight is 337 g/mol. The predicted octanol–water partition coefficient (Wildman–Crippen LogP) is 1.43. The van der Waals surface area contributed by atoms with Crippen molar-refractivity contribution in [2.45, 2.75) is 30.8 Å². The molecule has 5 nitrogen and oxygen atoms in total. The van der Waals surface area contributed by atoms with E-state index < -0.39 is 18.0 Å². The van der Waals surface area contributed by atoms with Crippen molar-refractivity contribution < 1.29 is 9.59 Å². The summed E-state index contributed by atoms with van der Waals surface area (Å²) in [5.41, 5.74) is 13.8. The number of likely N-dealkylation sites (tertiary alicyclic amines) is 1. The number of amides is 2. The largest absolute Gasteiger partial charge is 0.368 e. The van der Waals surface area contributed by atoms with Crippen LogP contribution in [0.2, 0.25) is 0 Å². The van der Waals surface area contributed by atoms with Crippen molar-refractivity contribution in [3.63, 3.8) is 0 Å². The van der Waals surface area contributed by atoms with Gasteiger partial charge in [0.1, 0.15) is 6.04 Å². The smallest absolute Gasteiger partial charge is 0.240 e. The van der Waals surface area contributed by atoms with Gasteiger partial charge in [0.15, 0.2) is 0 Å². The number of nitrogens with zero attached hydrogens (tertiary/aromatic N) is 1. The number of hydrogen-bond donors (Lipinski definition) is 2. The fourth-order valence-corrected chi connectivity index (χ4v) is 3.61. The number of carbonyl (C=O) groups is 2. The van der Waals surface area contributed by atoms with Gasteiger partial charge in [0.25, 0.3) is 0 Å². The third-order valence-electron chi connectivity index (χ3n) is 4.82. The highest BCUT2D eigenvalue weighted by Crippen LogP contribution is 2.33. The fraction of sp³-hybridized carbons (Fsp3) is 0.300. The summed E-state index contributed by atoms with van der Waals surface area (Å²) in [5, 5.41) is 0. The Balaban J connectivity index is 1.76. The first-order valence-electron chi connectivity index (χ1n) is 8.52. The molecule has 2 aromatic carbocycles. The van der Waals surface area contributed by atoms with Gasteiger partial charge in [-0.1, -0.05) is 60.7 Å². The number of benzene rings is 2. The molecule has 25 heavy (non-hydrogen) atoms. The maximum Gasteiger partial charge on any atom is 0.240 e. The van der Waals surface area contributed by atoms with E-state index in [-0.39, 0.29) is 11.8 Å². The molecular formula is C20H23N3O2. The Morgan fingerprint density at radius 2 is 1.64 bits per heavy atom. The van der Waals surface area contributed by atoms with Gasteiger partial charge >= 0.3 is 0 Å². The molecule has 0 unspecified atom stereocenters. The zero-order valence-corrected chi connectivity index (χ0v) is 14.0. The van der Waals surface area contributed by atoms with E-state index >= 15 is 0 Å². The summed E-state index contributed by atoms with van der Waals surface area (Å²) in [5.74, 6) is -0.774. The molecule has 0 aliphatic carbocycles. The molecule has 1 fully saturated rings. The van der Waals surface area contributed by atoms with Gasteiger partial charge in [-0.3, -0.25) is 9.59 Å². The van der Waals surface area contributed by atoms with E-state index in [1.54, 1.807) is 4.90 Å². The first kappa shape index (κ1) is 17.2. The third-order valence-corrected chi connectivity index (χ3v) is 4.82. The Hall–Kier alpha value is -2.66. The van der Waals surface area contributed by atoms with E-state index in [0.29, 0.717) is 19.4 Å². The lowest BCUT2D eigenvalue weighted by Gasteiger charge is -2.28. The summed E-state index contributed by atoms with van der Waals surface area (Å²) in [7, 11) is 0. The van der Waals surface area contributed by atoms with Crippen LogP contribution in [0.25, 0.3) is 0 Å². The van der Waals surface area contributed by atoms with Crippen LogP contribution in [0.15, 0.2) is 60.7 Å². The maximum absolute atomic E-state index is 12.8. The minimum absolute atomic E-state index is 0.0772. The van der Waals surface area contributed by atoms with Gasteiger partial charge in [0.2, 0.25) is 11.8 Å². The topological polar surface area (TPSA) is 89.4 Å². The quantitative estimate of drug-likeness (QED) is 0.865. The molecule has 0 bridgehead atoms. The zero-order chi connectivity index (χ0) is 17.8. The van der Waals surface area contributed by atoms with Gasteiger partial charge in [0, 0.05) is 12.5 Å². The summed E-state index contributed by atoms with van der Waals surface area (Å²) in [6.07, 6.45) is 1.15. The van der Waals surface area contributed by atoms with Gasteiger partial charge in [-0.25, -0.2) is 0 Å². The van der Waals surface area contributed by atoms with E-state index in [1.807, 2.05) is 60.7 Å². The molecule has 1 heterocycles. The van der Waals surface area contributed by atoms with Crippen molar-refractivity contribution in [2.75, 3.05) is 6.54 Å². The standard InChI is InChI=1S/C20H23N3O2/c21-17(13-14-7-3-1-4-8-14)20(25)23-12-11-16(18(23)19(22)24)15-9-5-2-6-10-15/h1-10,16-18H,11-13,21H2,(H2,22,24)/t16-,17+,18-/m1/s1. The molecule has 130 valence electrons. The lowest BCUT2D eigenvalue weighted by molar-refractivity contribution is -0.138. The Kier molecular flexibility index (Phi) is 5.14. The van der Waals surface area contributed by atoms with Crippen molar-refractivity contribution in [3.05, 3.63) is 71.8 Å². The highest BCUT2D eigenvalue weighted by Gasteiger charge is 2.42. The Labute approximate surface area is 147 Å². The van der Waals surface area contributed by atoms with Crippen molar-refractivity contribution in [2.24, 2.45) is 11.5 Å². The Bertz CT molecular complexity index is 733. The zero-order valence-electron chi connectivity index (χ0n) is 14.0. The lowest BCUT2D eigenvalue weighted by atomic mass is 9.91. The van der Waals surface area contributed by atoms with Gasteiger partial charge < -0.3 is 16.4 Å². The third kappa shape index (κ3) is 3.72. The monoisotopic (exact) mass is 337 g/mol.